The normalized spacial score (nSPS) is 13.0. The van der Waals surface area contributed by atoms with Crippen LogP contribution in [0, 0.1) is 13.8 Å². The number of hydrogen-bond acceptors (Lipinski definition) is 5. The molecule has 3 aromatic rings. The maximum Gasteiger partial charge on any atom is 0.407 e. The molecule has 0 fully saturated rings. The van der Waals surface area contributed by atoms with Gasteiger partial charge in [0.1, 0.15) is 12.6 Å². The number of nitrogens with zero attached hydrogens (tertiary/aromatic N) is 1. The number of aryl methyl sites for hydroxylation is 2. The van der Waals surface area contributed by atoms with Crippen LogP contribution < -0.4 is 10.6 Å². The highest BCUT2D eigenvalue weighted by Gasteiger charge is 2.30. The van der Waals surface area contributed by atoms with Crippen LogP contribution in [0.3, 0.4) is 0 Å². The molecule has 9 nitrogen and oxygen atoms in total. The topological polar surface area (TPSA) is 133 Å². The van der Waals surface area contributed by atoms with E-state index >= 15 is 0 Å². The zero-order valence-electron chi connectivity index (χ0n) is 18.9. The zero-order valence-corrected chi connectivity index (χ0v) is 18.9. The summed E-state index contributed by atoms with van der Waals surface area (Å²) < 4.78 is 5.45. The molecule has 0 bridgehead atoms. The molecule has 4 rings (SSSR count). The molecule has 0 spiro atoms. The summed E-state index contributed by atoms with van der Waals surface area (Å²) in [7, 11) is 0. The third-order valence-corrected chi connectivity index (χ3v) is 6.05. The van der Waals surface area contributed by atoms with E-state index < -0.39 is 30.4 Å². The zero-order chi connectivity index (χ0) is 24.2. The number of hydrogen-bond donors (Lipinski definition) is 4. The summed E-state index contributed by atoms with van der Waals surface area (Å²) in [5.74, 6) is -1.97. The minimum absolute atomic E-state index is 0.0642. The highest BCUT2D eigenvalue weighted by Crippen LogP contribution is 2.44. The molecule has 2 amide bonds. The molecule has 176 valence electrons. The Morgan fingerprint density at radius 1 is 1.06 bits per heavy atom. The lowest BCUT2D eigenvalue weighted by Gasteiger charge is -2.19. The van der Waals surface area contributed by atoms with Crippen molar-refractivity contribution >= 4 is 18.0 Å². The fraction of sp³-hybridized carbons (Fsp3) is 0.280. The average Bonchev–Trinajstić information content (AvgIpc) is 3.31. The number of fused-ring (bicyclic) bond motifs is 3. The van der Waals surface area contributed by atoms with Gasteiger partial charge in [-0.25, -0.2) is 4.79 Å². The molecule has 4 N–H and O–H groups in total. The lowest BCUT2D eigenvalue weighted by atomic mass is 9.98. The molecule has 1 aliphatic carbocycles. The van der Waals surface area contributed by atoms with Crippen LogP contribution in [0.5, 0.6) is 0 Å². The predicted octanol–water partition coefficient (Wildman–Crippen LogP) is 3.02. The molecule has 0 saturated carbocycles. The third kappa shape index (κ3) is 4.78. The summed E-state index contributed by atoms with van der Waals surface area (Å²) in [6.07, 6.45) is -1.42. The van der Waals surface area contributed by atoms with Crippen LogP contribution in [0.15, 0.2) is 48.5 Å². The Balaban J connectivity index is 1.40. The van der Waals surface area contributed by atoms with Gasteiger partial charge in [-0.1, -0.05) is 48.5 Å². The number of carbonyl (C=O) groups excluding carboxylic acids is 2. The van der Waals surface area contributed by atoms with E-state index in [9.17, 15) is 19.5 Å². The standard InChI is InChI=1S/C25H26N4O5/c1-14-20(15(2)29-28-14)12-26-24(32)22(11-23(30)31)27-25(33)34-13-21-18-9-5-3-7-16(18)17-8-4-6-10-19(17)21/h3-10,21-22H,11-13H2,1-2H3,(H,26,32)(H,27,33)(H,28,29)(H,30,31). The van der Waals surface area contributed by atoms with Crippen molar-refractivity contribution in [1.82, 2.24) is 20.8 Å². The van der Waals surface area contributed by atoms with Crippen LogP contribution in [-0.4, -0.2) is 45.9 Å². The molecule has 1 unspecified atom stereocenters. The van der Waals surface area contributed by atoms with E-state index in [-0.39, 0.29) is 19.1 Å². The second-order valence-electron chi connectivity index (χ2n) is 8.25. The molecule has 1 aromatic heterocycles. The third-order valence-electron chi connectivity index (χ3n) is 6.05. The summed E-state index contributed by atoms with van der Waals surface area (Å²) >= 11 is 0. The number of amides is 2. The van der Waals surface area contributed by atoms with E-state index in [1.165, 1.54) is 0 Å². The number of aromatic amines is 1. The van der Waals surface area contributed by atoms with Gasteiger partial charge < -0.3 is 20.5 Å². The molecular weight excluding hydrogens is 436 g/mol. The van der Waals surface area contributed by atoms with Crippen molar-refractivity contribution in [3.8, 4) is 11.1 Å². The smallest absolute Gasteiger partial charge is 0.407 e. The van der Waals surface area contributed by atoms with Crippen LogP contribution in [0.25, 0.3) is 11.1 Å². The molecule has 1 heterocycles. The number of ether oxygens (including phenoxy) is 1. The molecule has 1 atom stereocenters. The molecule has 0 radical (unpaired) electrons. The number of H-pyrrole nitrogens is 1. The number of carboxylic acids is 1. The van der Waals surface area contributed by atoms with Crippen LogP contribution in [0.4, 0.5) is 4.79 Å². The first kappa shape index (κ1) is 23.0. The SMILES string of the molecule is Cc1n[nH]c(C)c1CNC(=O)C(CC(=O)O)NC(=O)OCC1c2ccccc2-c2ccccc21. The minimum atomic E-state index is -1.28. The van der Waals surface area contributed by atoms with E-state index in [0.717, 1.165) is 39.2 Å². The second-order valence-corrected chi connectivity index (χ2v) is 8.25. The van der Waals surface area contributed by atoms with Crippen LogP contribution in [-0.2, 0) is 20.9 Å². The van der Waals surface area contributed by atoms with E-state index in [1.807, 2.05) is 55.5 Å². The van der Waals surface area contributed by atoms with E-state index in [1.54, 1.807) is 6.92 Å². The number of aliphatic carboxylic acids is 1. The van der Waals surface area contributed by atoms with Gasteiger partial charge in [-0.15, -0.1) is 0 Å². The quantitative estimate of drug-likeness (QED) is 0.407. The number of aromatic nitrogens is 2. The van der Waals surface area contributed by atoms with Gasteiger partial charge in [0.2, 0.25) is 5.91 Å². The second kappa shape index (κ2) is 9.78. The fourth-order valence-corrected chi connectivity index (χ4v) is 4.30. The van der Waals surface area contributed by atoms with Crippen LogP contribution in [0.2, 0.25) is 0 Å². The van der Waals surface area contributed by atoms with E-state index in [4.69, 9.17) is 4.74 Å². The van der Waals surface area contributed by atoms with Crippen molar-refractivity contribution in [2.45, 2.75) is 38.8 Å². The highest BCUT2D eigenvalue weighted by molar-refractivity contribution is 5.89. The van der Waals surface area contributed by atoms with Crippen LogP contribution >= 0.6 is 0 Å². The van der Waals surface area contributed by atoms with Crippen molar-refractivity contribution in [3.05, 3.63) is 76.6 Å². The van der Waals surface area contributed by atoms with Crippen molar-refractivity contribution in [2.75, 3.05) is 6.61 Å². The number of nitrogens with one attached hydrogen (secondary N) is 3. The molecule has 2 aromatic carbocycles. The lowest BCUT2D eigenvalue weighted by Crippen LogP contribution is -2.48. The van der Waals surface area contributed by atoms with Crippen molar-refractivity contribution in [3.63, 3.8) is 0 Å². The number of benzene rings is 2. The predicted molar refractivity (Wildman–Crippen MR) is 124 cm³/mol. The first-order valence-corrected chi connectivity index (χ1v) is 11.0. The molecule has 0 saturated heterocycles. The molecule has 34 heavy (non-hydrogen) atoms. The first-order chi connectivity index (χ1) is 16.3. The van der Waals surface area contributed by atoms with Crippen molar-refractivity contribution in [1.29, 1.82) is 0 Å². The summed E-state index contributed by atoms with van der Waals surface area (Å²) in [6, 6.07) is 14.6. The number of rotatable bonds is 8. The van der Waals surface area contributed by atoms with Gasteiger partial charge in [-0.2, -0.15) is 5.10 Å². The summed E-state index contributed by atoms with van der Waals surface area (Å²) in [6.45, 7) is 3.85. The Kier molecular flexibility index (Phi) is 6.62. The largest absolute Gasteiger partial charge is 0.481 e. The maximum absolute atomic E-state index is 12.6. The van der Waals surface area contributed by atoms with Gasteiger partial charge in [0, 0.05) is 23.7 Å². The van der Waals surface area contributed by atoms with Gasteiger partial charge >= 0.3 is 12.1 Å². The van der Waals surface area contributed by atoms with Crippen LogP contribution in [0.1, 0.15) is 40.4 Å². The van der Waals surface area contributed by atoms with Gasteiger partial charge in [0.25, 0.3) is 0 Å². The van der Waals surface area contributed by atoms with Gasteiger partial charge in [-0.05, 0) is 36.1 Å². The van der Waals surface area contributed by atoms with Crippen molar-refractivity contribution < 1.29 is 24.2 Å². The maximum atomic E-state index is 12.6. The summed E-state index contributed by atoms with van der Waals surface area (Å²) in [4.78, 5) is 36.5. The Bertz CT molecular complexity index is 1170. The van der Waals surface area contributed by atoms with E-state index in [0.29, 0.717) is 0 Å². The molecular formula is C25H26N4O5. The molecule has 1 aliphatic rings. The minimum Gasteiger partial charge on any atom is -0.481 e. The Morgan fingerprint density at radius 3 is 2.24 bits per heavy atom. The van der Waals surface area contributed by atoms with Gasteiger partial charge in [0.05, 0.1) is 12.1 Å². The monoisotopic (exact) mass is 462 g/mol. The highest BCUT2D eigenvalue weighted by atomic mass is 16.5. The molecule has 0 aliphatic heterocycles. The Labute approximate surface area is 196 Å². The number of alkyl carbamates (subject to hydrolysis) is 1. The Hall–Kier alpha value is -4.14. The van der Waals surface area contributed by atoms with Gasteiger partial charge in [-0.3, -0.25) is 14.7 Å². The van der Waals surface area contributed by atoms with E-state index in [2.05, 4.69) is 20.8 Å². The lowest BCUT2D eigenvalue weighted by molar-refractivity contribution is -0.139. The Morgan fingerprint density at radius 2 is 1.68 bits per heavy atom. The molecule has 9 heteroatoms. The average molecular weight is 463 g/mol. The van der Waals surface area contributed by atoms with Gasteiger partial charge in [0.15, 0.2) is 0 Å². The summed E-state index contributed by atoms with van der Waals surface area (Å²) in [5, 5.41) is 21.2. The summed E-state index contributed by atoms with van der Waals surface area (Å²) in [5.41, 5.74) is 6.65. The first-order valence-electron chi connectivity index (χ1n) is 11.0. The number of carboxylic acid groups (broad SMARTS) is 1. The number of carbonyl (C=O) groups is 3. The fourth-order valence-electron chi connectivity index (χ4n) is 4.30. The van der Waals surface area contributed by atoms with Crippen molar-refractivity contribution in [2.24, 2.45) is 0 Å².